The van der Waals surface area contributed by atoms with Crippen molar-refractivity contribution in [2.45, 2.75) is 30.2 Å². The second-order valence-electron chi connectivity index (χ2n) is 9.13. The third-order valence-electron chi connectivity index (χ3n) is 6.70. The van der Waals surface area contributed by atoms with Gasteiger partial charge >= 0.3 is 0 Å². The van der Waals surface area contributed by atoms with E-state index in [1.807, 2.05) is 0 Å². The molecule has 3 heterocycles. The molecule has 8 nitrogen and oxygen atoms in total. The van der Waals surface area contributed by atoms with Crippen LogP contribution < -0.4 is 4.90 Å². The summed E-state index contributed by atoms with van der Waals surface area (Å²) in [5, 5.41) is 0.884. The van der Waals surface area contributed by atoms with Crippen molar-refractivity contribution in [3.05, 3.63) is 53.3 Å². The van der Waals surface area contributed by atoms with Crippen molar-refractivity contribution >= 4 is 54.2 Å². The maximum absolute atomic E-state index is 14.0. The highest BCUT2D eigenvalue weighted by Gasteiger charge is 2.42. The van der Waals surface area contributed by atoms with Crippen LogP contribution >= 0.6 is 22.9 Å². The van der Waals surface area contributed by atoms with E-state index in [1.165, 1.54) is 52.0 Å². The van der Waals surface area contributed by atoms with Crippen LogP contribution in [0.25, 0.3) is 10.2 Å². The zero-order valence-electron chi connectivity index (χ0n) is 20.2. The molecule has 2 aliphatic heterocycles. The largest absolute Gasteiger partial charge is 0.379 e. The van der Waals surface area contributed by atoms with E-state index >= 15 is 0 Å². The summed E-state index contributed by atoms with van der Waals surface area (Å²) in [5.74, 6) is -0.680. The Labute approximate surface area is 224 Å². The first-order chi connectivity index (χ1) is 17.8. The number of carbonyl (C=O) groups excluding carboxylic acids is 1. The Morgan fingerprint density at radius 3 is 2.68 bits per heavy atom. The van der Waals surface area contributed by atoms with Gasteiger partial charge in [0.2, 0.25) is 15.9 Å². The van der Waals surface area contributed by atoms with Gasteiger partial charge in [0.25, 0.3) is 0 Å². The number of sulfonamides is 1. The molecule has 2 aliphatic rings. The van der Waals surface area contributed by atoms with E-state index in [2.05, 4.69) is 9.88 Å². The molecule has 0 N–H and O–H groups in total. The zero-order valence-corrected chi connectivity index (χ0v) is 22.6. The van der Waals surface area contributed by atoms with Crippen molar-refractivity contribution < 1.29 is 22.3 Å². The minimum Gasteiger partial charge on any atom is -0.379 e. The topological polar surface area (TPSA) is 83.1 Å². The van der Waals surface area contributed by atoms with Crippen LogP contribution in [0.1, 0.15) is 19.3 Å². The van der Waals surface area contributed by atoms with Crippen molar-refractivity contribution in [2.24, 2.45) is 0 Å². The van der Waals surface area contributed by atoms with E-state index in [1.54, 1.807) is 11.0 Å². The van der Waals surface area contributed by atoms with Gasteiger partial charge in [-0.25, -0.2) is 17.8 Å². The minimum absolute atomic E-state index is 0.103. The van der Waals surface area contributed by atoms with Crippen molar-refractivity contribution in [2.75, 3.05) is 50.8 Å². The van der Waals surface area contributed by atoms with Gasteiger partial charge in [0, 0.05) is 37.7 Å². The van der Waals surface area contributed by atoms with Gasteiger partial charge in [-0.15, -0.1) is 0 Å². The Morgan fingerprint density at radius 1 is 1.16 bits per heavy atom. The first-order valence-electron chi connectivity index (χ1n) is 12.3. The summed E-state index contributed by atoms with van der Waals surface area (Å²) in [5.41, 5.74) is 0.601. The zero-order chi connectivity index (χ0) is 26.0. The number of rotatable bonds is 8. The fraction of sp³-hybridized carbons (Fsp3) is 0.440. The highest BCUT2D eigenvalue weighted by molar-refractivity contribution is 7.89. The number of fused-ring (bicyclic) bond motifs is 1. The van der Waals surface area contributed by atoms with Crippen LogP contribution in [0.5, 0.6) is 0 Å². The van der Waals surface area contributed by atoms with Crippen LogP contribution in [0.2, 0.25) is 5.02 Å². The lowest BCUT2D eigenvalue weighted by molar-refractivity contribution is -0.121. The molecule has 0 radical (unpaired) electrons. The lowest BCUT2D eigenvalue weighted by Crippen LogP contribution is -2.48. The smallest absolute Gasteiger partial charge is 0.247 e. The third kappa shape index (κ3) is 5.81. The average Bonchev–Trinajstić information content (AvgIpc) is 3.55. The molecule has 0 saturated carbocycles. The molecule has 0 bridgehead atoms. The van der Waals surface area contributed by atoms with Crippen LogP contribution in [0.15, 0.2) is 47.4 Å². The number of aromatic nitrogens is 1. The van der Waals surface area contributed by atoms with Gasteiger partial charge in [-0.2, -0.15) is 4.31 Å². The molecular weight excluding hydrogens is 539 g/mol. The summed E-state index contributed by atoms with van der Waals surface area (Å²) < 4.78 is 48.1. The molecule has 1 unspecified atom stereocenters. The molecule has 5 rings (SSSR count). The van der Waals surface area contributed by atoms with Gasteiger partial charge in [0.05, 0.1) is 28.3 Å². The summed E-state index contributed by atoms with van der Waals surface area (Å²) in [6.45, 7) is 4.47. The number of thiazole rings is 1. The molecule has 3 aromatic rings. The lowest BCUT2D eigenvalue weighted by Gasteiger charge is -2.30. The fourth-order valence-electron chi connectivity index (χ4n) is 4.78. The van der Waals surface area contributed by atoms with Gasteiger partial charge in [-0.1, -0.05) is 22.9 Å². The van der Waals surface area contributed by atoms with Crippen LogP contribution in [0.4, 0.5) is 9.52 Å². The standard InChI is InChI=1S/C25H28ClFN4O4S2/c26-18-4-7-20(8-5-18)37(33,34)31-12-1-3-22(31)24(32)30(11-2-10-29-13-15-35-16-14-29)25-28-21-9-6-19(27)17-23(21)36-25/h4-9,17,22H,1-3,10-16H2. The molecule has 1 aromatic heterocycles. The van der Waals surface area contributed by atoms with E-state index in [4.69, 9.17) is 16.3 Å². The summed E-state index contributed by atoms with van der Waals surface area (Å²) in [6.07, 6.45) is 1.69. The van der Waals surface area contributed by atoms with Crippen molar-refractivity contribution in [1.29, 1.82) is 0 Å². The third-order valence-corrected chi connectivity index (χ3v) is 9.92. The molecule has 1 amide bonds. The Balaban J connectivity index is 1.41. The lowest BCUT2D eigenvalue weighted by atomic mass is 10.2. The summed E-state index contributed by atoms with van der Waals surface area (Å²) in [7, 11) is -3.89. The second-order valence-corrected chi connectivity index (χ2v) is 12.5. The highest BCUT2D eigenvalue weighted by Crippen LogP contribution is 2.33. The first kappa shape index (κ1) is 26.5. The molecule has 2 fully saturated rings. The maximum Gasteiger partial charge on any atom is 0.247 e. The molecular formula is C25H28ClFN4O4S2. The summed E-state index contributed by atoms with van der Waals surface area (Å²) in [6, 6.07) is 9.47. The van der Waals surface area contributed by atoms with E-state index in [0.29, 0.717) is 59.4 Å². The monoisotopic (exact) mass is 566 g/mol. The average molecular weight is 567 g/mol. The number of amides is 1. The van der Waals surface area contributed by atoms with Gasteiger partial charge in [-0.3, -0.25) is 14.6 Å². The molecule has 1 atom stereocenters. The minimum atomic E-state index is -3.89. The number of carbonyl (C=O) groups is 1. The quantitative estimate of drug-likeness (QED) is 0.410. The number of halogens is 2. The van der Waals surface area contributed by atoms with Crippen LogP contribution in [-0.4, -0.2) is 80.5 Å². The number of anilines is 1. The van der Waals surface area contributed by atoms with Gasteiger partial charge in [-0.05, 0) is 61.7 Å². The summed E-state index contributed by atoms with van der Waals surface area (Å²) in [4.78, 5) is 22.6. The van der Waals surface area contributed by atoms with Crippen LogP contribution in [0, 0.1) is 5.82 Å². The number of benzene rings is 2. The number of morpholine rings is 1. The molecule has 12 heteroatoms. The van der Waals surface area contributed by atoms with E-state index < -0.39 is 16.1 Å². The first-order valence-corrected chi connectivity index (χ1v) is 14.9. The van der Waals surface area contributed by atoms with Crippen molar-refractivity contribution in [1.82, 2.24) is 14.2 Å². The number of hydrogen-bond donors (Lipinski definition) is 0. The molecule has 2 aromatic carbocycles. The predicted octanol–water partition coefficient (Wildman–Crippen LogP) is 4.00. The highest BCUT2D eigenvalue weighted by atomic mass is 35.5. The Bertz CT molecular complexity index is 1360. The fourth-order valence-corrected chi connectivity index (χ4v) is 7.57. The Kier molecular flexibility index (Phi) is 8.08. The number of hydrogen-bond acceptors (Lipinski definition) is 7. The Morgan fingerprint density at radius 2 is 1.92 bits per heavy atom. The molecule has 2 saturated heterocycles. The van der Waals surface area contributed by atoms with Gasteiger partial charge in [0.1, 0.15) is 11.9 Å². The second kappa shape index (κ2) is 11.3. The number of ether oxygens (including phenoxy) is 1. The SMILES string of the molecule is O=C(C1CCCN1S(=O)(=O)c1ccc(Cl)cc1)N(CCCN1CCOCC1)c1nc2ccc(F)cc2s1. The molecule has 0 spiro atoms. The van der Waals surface area contributed by atoms with Crippen LogP contribution in [0.3, 0.4) is 0 Å². The van der Waals surface area contributed by atoms with E-state index in [0.717, 1.165) is 19.6 Å². The van der Waals surface area contributed by atoms with Gasteiger partial charge in [0.15, 0.2) is 5.13 Å². The van der Waals surface area contributed by atoms with Crippen molar-refractivity contribution in [3.8, 4) is 0 Å². The summed E-state index contributed by atoms with van der Waals surface area (Å²) >= 11 is 7.19. The molecule has 0 aliphatic carbocycles. The molecule has 198 valence electrons. The number of nitrogens with zero attached hydrogens (tertiary/aromatic N) is 4. The van der Waals surface area contributed by atoms with Crippen LogP contribution in [-0.2, 0) is 19.6 Å². The Hall–Kier alpha value is -2.15. The molecule has 37 heavy (non-hydrogen) atoms. The normalized spacial score (nSPS) is 19.5. The van der Waals surface area contributed by atoms with Crippen molar-refractivity contribution in [3.63, 3.8) is 0 Å². The maximum atomic E-state index is 14.0. The van der Waals surface area contributed by atoms with Gasteiger partial charge < -0.3 is 4.74 Å². The predicted molar refractivity (Wildman–Crippen MR) is 142 cm³/mol. The van der Waals surface area contributed by atoms with E-state index in [-0.39, 0.29) is 23.2 Å². The van der Waals surface area contributed by atoms with E-state index in [9.17, 15) is 17.6 Å².